The highest BCUT2D eigenvalue weighted by Gasteiger charge is 2.22. The van der Waals surface area contributed by atoms with Crippen molar-refractivity contribution in [3.05, 3.63) is 81.1 Å². The van der Waals surface area contributed by atoms with Gasteiger partial charge in [0.25, 0.3) is 0 Å². The van der Waals surface area contributed by atoms with Crippen LogP contribution < -0.4 is 0 Å². The maximum atomic E-state index is 13.4. The number of carbonyl (C=O) groups is 2. The number of nitrogens with zero attached hydrogens (tertiary/aromatic N) is 1. The average molecular weight is 446 g/mol. The third-order valence-corrected chi connectivity index (χ3v) is 6.52. The Morgan fingerprint density at radius 2 is 2.03 bits per heavy atom. The van der Waals surface area contributed by atoms with Crippen LogP contribution in [0.5, 0.6) is 0 Å². The van der Waals surface area contributed by atoms with Crippen molar-refractivity contribution in [3.8, 4) is 0 Å². The Bertz CT molecular complexity index is 1260. The molecule has 0 aliphatic carbocycles. The van der Waals surface area contributed by atoms with E-state index >= 15 is 0 Å². The number of aryl methyl sites for hydroxylation is 1. The molecule has 4 aromatic rings. The molecule has 0 saturated heterocycles. The zero-order chi connectivity index (χ0) is 21.4. The van der Waals surface area contributed by atoms with Crippen LogP contribution in [0.3, 0.4) is 0 Å². The summed E-state index contributed by atoms with van der Waals surface area (Å²) in [5.74, 6) is -0.664. The number of rotatable bonds is 6. The molecule has 0 saturated carbocycles. The molecule has 0 N–H and O–H groups in total. The van der Waals surface area contributed by atoms with Gasteiger partial charge in [-0.1, -0.05) is 11.6 Å². The van der Waals surface area contributed by atoms with E-state index in [1.54, 1.807) is 12.3 Å². The summed E-state index contributed by atoms with van der Waals surface area (Å²) in [7, 11) is 0. The van der Waals surface area contributed by atoms with E-state index < -0.39 is 18.4 Å². The molecule has 30 heavy (non-hydrogen) atoms. The fourth-order valence-corrected chi connectivity index (χ4v) is 4.76. The Morgan fingerprint density at radius 3 is 2.77 bits per heavy atom. The van der Waals surface area contributed by atoms with Gasteiger partial charge in [0.15, 0.2) is 6.61 Å². The molecule has 0 aliphatic heterocycles. The Kier molecular flexibility index (Phi) is 5.49. The standard InChI is InChI=1S/C22H17ClFNO4S/c1-12-8-17(13(2)25(12)10-15-4-3-7-28-15)18(26)11-29-22(27)21-20(23)16-6-5-14(24)9-19(16)30-21/h3-9H,10-11H2,1-2H3. The molecule has 0 radical (unpaired) electrons. The van der Waals surface area contributed by atoms with Gasteiger partial charge < -0.3 is 13.7 Å². The molecular weight excluding hydrogens is 429 g/mol. The average Bonchev–Trinajstić information content (AvgIpc) is 3.41. The van der Waals surface area contributed by atoms with Crippen LogP contribution >= 0.6 is 22.9 Å². The first kappa shape index (κ1) is 20.4. The number of fused-ring (bicyclic) bond motifs is 1. The van der Waals surface area contributed by atoms with Gasteiger partial charge in [0.2, 0.25) is 5.78 Å². The molecule has 0 spiro atoms. The van der Waals surface area contributed by atoms with Crippen LogP contribution in [-0.4, -0.2) is 22.9 Å². The van der Waals surface area contributed by atoms with Crippen molar-refractivity contribution in [2.45, 2.75) is 20.4 Å². The van der Waals surface area contributed by atoms with Gasteiger partial charge in [-0.05, 0) is 50.2 Å². The van der Waals surface area contributed by atoms with Crippen molar-refractivity contribution in [2.75, 3.05) is 6.61 Å². The minimum atomic E-state index is -0.709. The van der Waals surface area contributed by atoms with Crippen LogP contribution in [0.15, 0.2) is 47.1 Å². The predicted molar refractivity (Wildman–Crippen MR) is 113 cm³/mol. The van der Waals surface area contributed by atoms with Gasteiger partial charge in [0.05, 0.1) is 17.8 Å². The summed E-state index contributed by atoms with van der Waals surface area (Å²) < 4.78 is 26.5. The van der Waals surface area contributed by atoms with Crippen LogP contribution in [0.4, 0.5) is 4.39 Å². The number of hydrogen-bond acceptors (Lipinski definition) is 5. The molecule has 0 atom stereocenters. The third-order valence-electron chi connectivity index (χ3n) is 4.88. The molecule has 8 heteroatoms. The fourth-order valence-electron chi connectivity index (χ4n) is 3.33. The van der Waals surface area contributed by atoms with Gasteiger partial charge in [0, 0.05) is 27.0 Å². The lowest BCUT2D eigenvalue weighted by atomic mass is 10.1. The van der Waals surface area contributed by atoms with Crippen molar-refractivity contribution >= 4 is 44.8 Å². The van der Waals surface area contributed by atoms with Crippen LogP contribution in [0, 0.1) is 19.7 Å². The lowest BCUT2D eigenvalue weighted by molar-refractivity contribution is 0.0479. The molecule has 0 unspecified atom stereocenters. The highest BCUT2D eigenvalue weighted by Crippen LogP contribution is 2.36. The summed E-state index contributed by atoms with van der Waals surface area (Å²) in [4.78, 5) is 25.3. The number of aromatic nitrogens is 1. The summed E-state index contributed by atoms with van der Waals surface area (Å²) in [6.07, 6.45) is 1.60. The maximum Gasteiger partial charge on any atom is 0.350 e. The molecule has 0 fully saturated rings. The van der Waals surface area contributed by atoms with Crippen molar-refractivity contribution in [1.82, 2.24) is 4.57 Å². The van der Waals surface area contributed by atoms with Gasteiger partial charge in [-0.15, -0.1) is 11.3 Å². The number of Topliss-reactive ketones (excluding diaryl/α,β-unsaturated/α-hetero) is 1. The number of ketones is 1. The summed E-state index contributed by atoms with van der Waals surface area (Å²) in [5, 5.41) is 0.770. The smallest absolute Gasteiger partial charge is 0.350 e. The molecule has 4 rings (SSSR count). The second-order valence-corrected chi connectivity index (χ2v) is 8.27. The van der Waals surface area contributed by atoms with E-state index in [4.69, 9.17) is 20.8 Å². The molecule has 0 amide bonds. The number of halogens is 2. The first-order valence-corrected chi connectivity index (χ1v) is 10.3. The zero-order valence-electron chi connectivity index (χ0n) is 16.2. The third kappa shape index (κ3) is 3.78. The molecule has 5 nitrogen and oxygen atoms in total. The van der Waals surface area contributed by atoms with Crippen molar-refractivity contribution in [1.29, 1.82) is 0 Å². The molecule has 3 heterocycles. The molecule has 0 bridgehead atoms. The van der Waals surface area contributed by atoms with Crippen molar-refractivity contribution in [2.24, 2.45) is 0 Å². The maximum absolute atomic E-state index is 13.4. The normalized spacial score (nSPS) is 11.2. The van der Waals surface area contributed by atoms with E-state index in [9.17, 15) is 14.0 Å². The number of hydrogen-bond donors (Lipinski definition) is 0. The van der Waals surface area contributed by atoms with Crippen molar-refractivity contribution in [3.63, 3.8) is 0 Å². The Hall–Kier alpha value is -2.90. The number of esters is 1. The molecule has 1 aromatic carbocycles. The minimum absolute atomic E-state index is 0.147. The van der Waals surface area contributed by atoms with Crippen LogP contribution in [0.2, 0.25) is 5.02 Å². The Morgan fingerprint density at radius 1 is 1.23 bits per heavy atom. The summed E-state index contributed by atoms with van der Waals surface area (Å²) in [5.41, 5.74) is 2.14. The van der Waals surface area contributed by atoms with Crippen LogP contribution in [0.25, 0.3) is 10.1 Å². The summed E-state index contributed by atoms with van der Waals surface area (Å²) >= 11 is 7.28. The number of benzene rings is 1. The highest BCUT2D eigenvalue weighted by atomic mass is 35.5. The first-order chi connectivity index (χ1) is 14.3. The van der Waals surface area contributed by atoms with Gasteiger partial charge in [-0.2, -0.15) is 0 Å². The van der Waals surface area contributed by atoms with E-state index in [-0.39, 0.29) is 15.7 Å². The van der Waals surface area contributed by atoms with E-state index in [0.29, 0.717) is 22.2 Å². The number of thiophene rings is 1. The molecule has 154 valence electrons. The largest absolute Gasteiger partial charge is 0.467 e. The second kappa shape index (κ2) is 8.08. The van der Waals surface area contributed by atoms with E-state index in [1.165, 1.54) is 18.2 Å². The topological polar surface area (TPSA) is 61.4 Å². The molecule has 3 aromatic heterocycles. The van der Waals surface area contributed by atoms with Crippen LogP contribution in [0.1, 0.15) is 37.2 Å². The first-order valence-electron chi connectivity index (χ1n) is 9.12. The number of carbonyl (C=O) groups excluding carboxylic acids is 2. The van der Waals surface area contributed by atoms with Crippen molar-refractivity contribution < 1.29 is 23.1 Å². The van der Waals surface area contributed by atoms with Gasteiger partial charge in [0.1, 0.15) is 16.5 Å². The lowest BCUT2D eigenvalue weighted by Crippen LogP contribution is -2.14. The van der Waals surface area contributed by atoms with E-state index in [2.05, 4.69) is 0 Å². The molecule has 0 aliphatic rings. The summed E-state index contributed by atoms with van der Waals surface area (Å²) in [6.45, 7) is 3.83. The predicted octanol–water partition coefficient (Wildman–Crippen LogP) is 5.79. The quantitative estimate of drug-likeness (QED) is 0.278. The summed E-state index contributed by atoms with van der Waals surface area (Å²) in [6, 6.07) is 9.54. The minimum Gasteiger partial charge on any atom is -0.467 e. The van der Waals surface area contributed by atoms with Gasteiger partial charge in [-0.25, -0.2) is 9.18 Å². The SMILES string of the molecule is Cc1cc(C(=O)COC(=O)c2sc3cc(F)ccc3c2Cl)c(C)n1Cc1ccco1. The fraction of sp³-hybridized carbons (Fsp3) is 0.182. The monoisotopic (exact) mass is 445 g/mol. The van der Waals surface area contributed by atoms with E-state index in [0.717, 1.165) is 28.5 Å². The Labute approximate surface area is 180 Å². The van der Waals surface area contributed by atoms with Gasteiger partial charge in [-0.3, -0.25) is 4.79 Å². The number of ether oxygens (including phenoxy) is 1. The second-order valence-electron chi connectivity index (χ2n) is 6.84. The molecular formula is C22H17ClFNO4S. The van der Waals surface area contributed by atoms with Crippen LogP contribution in [-0.2, 0) is 11.3 Å². The van der Waals surface area contributed by atoms with Gasteiger partial charge >= 0.3 is 5.97 Å². The number of furan rings is 1. The lowest BCUT2D eigenvalue weighted by Gasteiger charge is -2.08. The Balaban J connectivity index is 1.48. The highest BCUT2D eigenvalue weighted by molar-refractivity contribution is 7.21. The zero-order valence-corrected chi connectivity index (χ0v) is 17.8. The van der Waals surface area contributed by atoms with E-state index in [1.807, 2.05) is 30.5 Å².